The van der Waals surface area contributed by atoms with E-state index >= 15 is 0 Å². The minimum Gasteiger partial charge on any atom is -0.440 e. The monoisotopic (exact) mass is 323 g/mol. The molecule has 0 saturated heterocycles. The zero-order valence-electron chi connectivity index (χ0n) is 13.2. The van der Waals surface area contributed by atoms with Gasteiger partial charge >= 0.3 is 0 Å². The van der Waals surface area contributed by atoms with Gasteiger partial charge in [-0.25, -0.2) is 0 Å². The smallest absolute Gasteiger partial charge is 0.205 e. The van der Waals surface area contributed by atoms with Crippen molar-refractivity contribution in [3.8, 4) is 17.9 Å². The molecule has 0 amide bonds. The van der Waals surface area contributed by atoms with E-state index in [0.29, 0.717) is 16.9 Å². The zero-order chi connectivity index (χ0) is 17.4. The van der Waals surface area contributed by atoms with E-state index < -0.39 is 0 Å². The molecule has 1 aliphatic heterocycles. The van der Waals surface area contributed by atoms with Crippen LogP contribution < -0.4 is 10.5 Å². The van der Waals surface area contributed by atoms with Gasteiger partial charge in [0, 0.05) is 5.56 Å². The summed E-state index contributed by atoms with van der Waals surface area (Å²) in [5, 5.41) is 20.8. The number of nitrogens with two attached hydrogens (primary N) is 1. The summed E-state index contributed by atoms with van der Waals surface area (Å²) in [4.78, 5) is 0. The SMILES string of the molecule is N#CC1=C(N)Oc2ccc3ccccc3c2[C@H]1c1ccc(C#N)cc1. The molecule has 3 aromatic rings. The van der Waals surface area contributed by atoms with Gasteiger partial charge in [0.05, 0.1) is 17.6 Å². The number of allylic oxidation sites excluding steroid dienone is 1. The maximum Gasteiger partial charge on any atom is 0.205 e. The first-order chi connectivity index (χ1) is 12.2. The fourth-order valence-electron chi connectivity index (χ4n) is 3.33. The molecule has 4 nitrogen and oxygen atoms in total. The van der Waals surface area contributed by atoms with E-state index in [-0.39, 0.29) is 11.8 Å². The van der Waals surface area contributed by atoms with Crippen LogP contribution in [0.1, 0.15) is 22.6 Å². The van der Waals surface area contributed by atoms with Gasteiger partial charge in [-0.1, -0.05) is 42.5 Å². The predicted octanol–water partition coefficient (Wildman–Crippen LogP) is 3.93. The van der Waals surface area contributed by atoms with Crippen molar-refractivity contribution >= 4 is 10.8 Å². The van der Waals surface area contributed by atoms with E-state index in [1.54, 1.807) is 12.1 Å². The van der Waals surface area contributed by atoms with Crippen molar-refractivity contribution in [3.63, 3.8) is 0 Å². The van der Waals surface area contributed by atoms with Crippen LogP contribution in [-0.4, -0.2) is 0 Å². The Balaban J connectivity index is 2.02. The highest BCUT2D eigenvalue weighted by molar-refractivity contribution is 5.90. The Bertz CT molecular complexity index is 1100. The lowest BCUT2D eigenvalue weighted by Gasteiger charge is -2.27. The molecule has 0 bridgehead atoms. The lowest BCUT2D eigenvalue weighted by molar-refractivity contribution is 0.395. The van der Waals surface area contributed by atoms with E-state index in [1.807, 2.05) is 48.5 Å². The van der Waals surface area contributed by atoms with Crippen LogP contribution in [0.25, 0.3) is 10.8 Å². The van der Waals surface area contributed by atoms with Crippen LogP contribution in [0.5, 0.6) is 5.75 Å². The normalized spacial score (nSPS) is 15.8. The van der Waals surface area contributed by atoms with Crippen LogP contribution in [0, 0.1) is 22.7 Å². The molecule has 118 valence electrons. The highest BCUT2D eigenvalue weighted by atomic mass is 16.5. The molecule has 3 aromatic carbocycles. The van der Waals surface area contributed by atoms with Crippen molar-refractivity contribution in [2.45, 2.75) is 5.92 Å². The van der Waals surface area contributed by atoms with Crippen LogP contribution in [0.2, 0.25) is 0 Å². The summed E-state index contributed by atoms with van der Waals surface area (Å²) in [5.74, 6) is 0.455. The summed E-state index contributed by atoms with van der Waals surface area (Å²) < 4.78 is 5.72. The van der Waals surface area contributed by atoms with Gasteiger partial charge in [0.1, 0.15) is 17.4 Å². The number of benzene rings is 3. The molecule has 0 aliphatic carbocycles. The van der Waals surface area contributed by atoms with Crippen molar-refractivity contribution in [2.75, 3.05) is 0 Å². The Morgan fingerprint density at radius 3 is 2.36 bits per heavy atom. The van der Waals surface area contributed by atoms with E-state index in [2.05, 4.69) is 12.1 Å². The van der Waals surface area contributed by atoms with Gasteiger partial charge in [-0.2, -0.15) is 10.5 Å². The molecule has 0 unspecified atom stereocenters. The van der Waals surface area contributed by atoms with Crippen LogP contribution in [0.4, 0.5) is 0 Å². The first-order valence-electron chi connectivity index (χ1n) is 7.82. The average molecular weight is 323 g/mol. The third-order valence-corrected chi connectivity index (χ3v) is 4.49. The molecule has 25 heavy (non-hydrogen) atoms. The molecule has 2 N–H and O–H groups in total. The van der Waals surface area contributed by atoms with E-state index in [0.717, 1.165) is 21.9 Å². The molecular formula is C21H13N3O. The van der Waals surface area contributed by atoms with Crippen LogP contribution in [-0.2, 0) is 0 Å². The average Bonchev–Trinajstić information content (AvgIpc) is 2.66. The summed E-state index contributed by atoms with van der Waals surface area (Å²) in [7, 11) is 0. The van der Waals surface area contributed by atoms with Gasteiger partial charge in [0.2, 0.25) is 5.88 Å². The predicted molar refractivity (Wildman–Crippen MR) is 94.4 cm³/mol. The van der Waals surface area contributed by atoms with Crippen LogP contribution in [0.15, 0.2) is 72.1 Å². The molecule has 0 spiro atoms. The highest BCUT2D eigenvalue weighted by Crippen LogP contribution is 2.45. The second kappa shape index (κ2) is 5.70. The molecule has 1 aliphatic rings. The van der Waals surface area contributed by atoms with Crippen LogP contribution in [0.3, 0.4) is 0 Å². The number of hydrogen-bond donors (Lipinski definition) is 1. The van der Waals surface area contributed by atoms with Crippen LogP contribution >= 0.6 is 0 Å². The maximum atomic E-state index is 9.67. The Labute approximate surface area is 145 Å². The van der Waals surface area contributed by atoms with E-state index in [9.17, 15) is 5.26 Å². The van der Waals surface area contributed by atoms with Gasteiger partial charge in [0.15, 0.2) is 0 Å². The summed E-state index contributed by atoms with van der Waals surface area (Å²) in [6.45, 7) is 0. The topological polar surface area (TPSA) is 82.8 Å². The Morgan fingerprint density at radius 2 is 1.64 bits per heavy atom. The van der Waals surface area contributed by atoms with E-state index in [4.69, 9.17) is 15.7 Å². The quantitative estimate of drug-likeness (QED) is 0.735. The Kier molecular flexibility index (Phi) is 3.38. The molecular weight excluding hydrogens is 310 g/mol. The standard InChI is InChI=1S/C21H13N3O/c22-11-13-5-7-15(8-6-13)19-17(12-23)21(24)25-18-10-9-14-3-1-2-4-16(14)20(18)19/h1-10,19H,24H2/t19-/m0/s1. The Hall–Kier alpha value is -3.76. The van der Waals surface area contributed by atoms with Crippen molar-refractivity contribution in [3.05, 3.63) is 88.8 Å². The number of nitriles is 2. The molecule has 0 radical (unpaired) electrons. The second-order valence-corrected chi connectivity index (χ2v) is 5.86. The minimum absolute atomic E-state index is 0.125. The molecule has 0 saturated carbocycles. The van der Waals surface area contributed by atoms with Gasteiger partial charge < -0.3 is 10.5 Å². The molecule has 0 aromatic heterocycles. The number of ether oxygens (including phenoxy) is 1. The maximum absolute atomic E-state index is 9.67. The highest BCUT2D eigenvalue weighted by Gasteiger charge is 2.32. The first-order valence-corrected chi connectivity index (χ1v) is 7.82. The van der Waals surface area contributed by atoms with Crippen molar-refractivity contribution in [2.24, 2.45) is 5.73 Å². The molecule has 0 fully saturated rings. The fraction of sp³-hybridized carbons (Fsp3) is 0.0476. The van der Waals surface area contributed by atoms with Crippen molar-refractivity contribution in [1.29, 1.82) is 10.5 Å². The molecule has 1 heterocycles. The number of nitrogens with zero attached hydrogens (tertiary/aromatic N) is 2. The molecule has 4 rings (SSSR count). The zero-order valence-corrected chi connectivity index (χ0v) is 13.2. The summed E-state index contributed by atoms with van der Waals surface area (Å²) in [5.41, 5.74) is 8.80. The second-order valence-electron chi connectivity index (χ2n) is 5.86. The molecule has 4 heteroatoms. The van der Waals surface area contributed by atoms with Gasteiger partial charge in [-0.3, -0.25) is 0 Å². The summed E-state index contributed by atoms with van der Waals surface area (Å²) in [6, 6.07) is 23.4. The van der Waals surface area contributed by atoms with Gasteiger partial charge in [-0.15, -0.1) is 0 Å². The Morgan fingerprint density at radius 1 is 0.880 bits per heavy atom. The first kappa shape index (κ1) is 14.8. The van der Waals surface area contributed by atoms with Crippen molar-refractivity contribution in [1.82, 2.24) is 0 Å². The van der Waals surface area contributed by atoms with Gasteiger partial charge in [-0.05, 0) is 34.5 Å². The molecule has 1 atom stereocenters. The lowest BCUT2D eigenvalue weighted by atomic mass is 9.81. The summed E-state index contributed by atoms with van der Waals surface area (Å²) in [6.07, 6.45) is 0. The number of hydrogen-bond acceptors (Lipinski definition) is 4. The fourth-order valence-corrected chi connectivity index (χ4v) is 3.33. The lowest BCUT2D eigenvalue weighted by Crippen LogP contribution is -2.21. The third-order valence-electron chi connectivity index (χ3n) is 4.49. The third kappa shape index (κ3) is 2.29. The number of rotatable bonds is 1. The minimum atomic E-state index is -0.326. The van der Waals surface area contributed by atoms with Crippen molar-refractivity contribution < 1.29 is 4.74 Å². The van der Waals surface area contributed by atoms with E-state index in [1.165, 1.54) is 0 Å². The largest absolute Gasteiger partial charge is 0.440 e. The van der Waals surface area contributed by atoms with Gasteiger partial charge in [0.25, 0.3) is 0 Å². The number of fused-ring (bicyclic) bond motifs is 3. The summed E-state index contributed by atoms with van der Waals surface area (Å²) >= 11 is 0.